The minimum atomic E-state index is -1.33. The summed E-state index contributed by atoms with van der Waals surface area (Å²) in [5, 5.41) is 21.3. The number of nitrogens with two attached hydrogens (primary N) is 1. The largest absolute Gasteiger partial charge is 0.460 e. The van der Waals surface area contributed by atoms with Gasteiger partial charge in [-0.05, 0) is 39.0 Å². The Morgan fingerprint density at radius 2 is 2.12 bits per heavy atom. The van der Waals surface area contributed by atoms with Crippen LogP contribution in [0.25, 0.3) is 11.2 Å². The smallest absolute Gasteiger partial charge is 0.320 e. The lowest BCUT2D eigenvalue weighted by Crippen LogP contribution is -2.45. The molecule has 0 amide bonds. The number of nitrogen functional groups attached to an aromatic ring is 1. The van der Waals surface area contributed by atoms with Gasteiger partial charge in [0.15, 0.2) is 23.2 Å². The van der Waals surface area contributed by atoms with Gasteiger partial charge >= 0.3 is 6.01 Å². The van der Waals surface area contributed by atoms with Crippen molar-refractivity contribution in [2.24, 2.45) is 0 Å². The van der Waals surface area contributed by atoms with Crippen LogP contribution in [0, 0.1) is 0 Å². The monoisotopic (exact) mass is 363 g/mol. The van der Waals surface area contributed by atoms with Crippen LogP contribution in [0.5, 0.6) is 6.01 Å². The van der Waals surface area contributed by atoms with E-state index < -0.39 is 24.0 Å². The van der Waals surface area contributed by atoms with Crippen LogP contribution < -0.4 is 10.5 Å². The molecule has 2 fully saturated rings. The lowest BCUT2D eigenvalue weighted by Gasteiger charge is -2.27. The zero-order valence-corrected chi connectivity index (χ0v) is 15.0. The fourth-order valence-corrected chi connectivity index (χ4v) is 3.91. The van der Waals surface area contributed by atoms with Gasteiger partial charge in [0.2, 0.25) is 0 Å². The molecule has 4 atom stereocenters. The third kappa shape index (κ3) is 2.62. The molecule has 0 radical (unpaired) electrons. The highest BCUT2D eigenvalue weighted by molar-refractivity contribution is 5.82. The summed E-state index contributed by atoms with van der Waals surface area (Å²) >= 11 is 0. The number of ether oxygens (including phenoxy) is 2. The molecule has 2 aromatic rings. The number of hydrogen-bond acceptors (Lipinski definition) is 8. The van der Waals surface area contributed by atoms with E-state index >= 15 is 0 Å². The van der Waals surface area contributed by atoms with Crippen molar-refractivity contribution in [1.82, 2.24) is 19.5 Å². The number of fused-ring (bicyclic) bond motifs is 1. The molecule has 1 aliphatic carbocycles. The molecule has 4 rings (SSSR count). The first kappa shape index (κ1) is 17.4. The van der Waals surface area contributed by atoms with Crippen LogP contribution in [-0.4, -0.2) is 53.6 Å². The van der Waals surface area contributed by atoms with E-state index in [1.807, 2.05) is 6.92 Å². The van der Waals surface area contributed by atoms with Crippen molar-refractivity contribution < 1.29 is 19.7 Å². The van der Waals surface area contributed by atoms with Gasteiger partial charge < -0.3 is 25.4 Å². The third-order valence-corrected chi connectivity index (χ3v) is 5.67. The van der Waals surface area contributed by atoms with Crippen molar-refractivity contribution in [2.75, 3.05) is 5.73 Å². The molecule has 26 heavy (non-hydrogen) atoms. The van der Waals surface area contributed by atoms with E-state index in [4.69, 9.17) is 15.2 Å². The Hall–Kier alpha value is -1.97. The zero-order valence-electron chi connectivity index (χ0n) is 15.0. The van der Waals surface area contributed by atoms with E-state index in [1.54, 1.807) is 11.5 Å². The minimum absolute atomic E-state index is 0.0988. The number of aliphatic hydroxyl groups excluding tert-OH is 1. The molecule has 2 aromatic heterocycles. The average Bonchev–Trinajstić information content (AvgIpc) is 3.32. The number of anilines is 1. The van der Waals surface area contributed by atoms with Crippen LogP contribution >= 0.6 is 0 Å². The zero-order chi connectivity index (χ0) is 18.5. The molecular formula is C17H25N5O4. The highest BCUT2D eigenvalue weighted by Gasteiger charge is 2.53. The molecule has 1 saturated heterocycles. The van der Waals surface area contributed by atoms with Crippen LogP contribution in [0.4, 0.5) is 5.82 Å². The standard InChI is InChI=1S/C17H25N5O4/c1-3-17(24)9(2)25-15(12(17)23)22-8-19-11-13(18)20-16(21-14(11)22)26-10-6-4-5-7-10/h8-10,12,15,23-24H,3-7H2,1-2H3,(H2,18,20,21)/t9-,12+,15-,17+/m1/s1. The lowest BCUT2D eigenvalue weighted by molar-refractivity contribution is -0.0749. The molecular weight excluding hydrogens is 338 g/mol. The molecule has 0 aromatic carbocycles. The lowest BCUT2D eigenvalue weighted by atomic mass is 9.90. The fourth-order valence-electron chi connectivity index (χ4n) is 3.91. The predicted octanol–water partition coefficient (Wildman–Crippen LogP) is 1.15. The molecule has 0 unspecified atom stereocenters. The van der Waals surface area contributed by atoms with Crippen molar-refractivity contribution in [3.63, 3.8) is 0 Å². The molecule has 1 aliphatic heterocycles. The maximum Gasteiger partial charge on any atom is 0.320 e. The summed E-state index contributed by atoms with van der Waals surface area (Å²) in [6.07, 6.45) is 3.73. The van der Waals surface area contributed by atoms with E-state index in [9.17, 15) is 10.2 Å². The van der Waals surface area contributed by atoms with Gasteiger partial charge in [0.1, 0.15) is 17.8 Å². The topological polar surface area (TPSA) is 129 Å². The second-order valence-corrected chi connectivity index (χ2v) is 7.20. The van der Waals surface area contributed by atoms with E-state index in [0.717, 1.165) is 25.7 Å². The molecule has 9 nitrogen and oxygen atoms in total. The summed E-state index contributed by atoms with van der Waals surface area (Å²) in [6.45, 7) is 3.55. The number of imidazole rings is 1. The van der Waals surface area contributed by atoms with Gasteiger partial charge in [0.25, 0.3) is 0 Å². The highest BCUT2D eigenvalue weighted by Crippen LogP contribution is 2.40. The molecule has 142 valence electrons. The van der Waals surface area contributed by atoms with Crippen LogP contribution in [0.3, 0.4) is 0 Å². The Balaban J connectivity index is 1.71. The highest BCUT2D eigenvalue weighted by atomic mass is 16.6. The van der Waals surface area contributed by atoms with E-state index in [-0.39, 0.29) is 17.9 Å². The Bertz CT molecular complexity index is 806. The first-order chi connectivity index (χ1) is 12.4. The molecule has 2 aliphatic rings. The first-order valence-corrected chi connectivity index (χ1v) is 9.16. The quantitative estimate of drug-likeness (QED) is 0.738. The van der Waals surface area contributed by atoms with E-state index in [2.05, 4.69) is 15.0 Å². The summed E-state index contributed by atoms with van der Waals surface area (Å²) < 4.78 is 13.3. The maximum absolute atomic E-state index is 10.7. The van der Waals surface area contributed by atoms with Crippen LogP contribution in [0.1, 0.15) is 52.2 Å². The normalized spacial score (nSPS) is 32.5. The number of aliphatic hydroxyl groups is 2. The molecule has 3 heterocycles. The molecule has 1 saturated carbocycles. The second kappa shape index (κ2) is 6.33. The van der Waals surface area contributed by atoms with E-state index in [0.29, 0.717) is 17.6 Å². The van der Waals surface area contributed by atoms with Crippen LogP contribution in [-0.2, 0) is 4.74 Å². The fraction of sp³-hybridized carbons (Fsp3) is 0.706. The maximum atomic E-state index is 10.7. The van der Waals surface area contributed by atoms with Crippen molar-refractivity contribution in [3.8, 4) is 6.01 Å². The van der Waals surface area contributed by atoms with Crippen molar-refractivity contribution in [1.29, 1.82) is 0 Å². The van der Waals surface area contributed by atoms with Crippen LogP contribution in [0.2, 0.25) is 0 Å². The predicted molar refractivity (Wildman–Crippen MR) is 93.5 cm³/mol. The van der Waals surface area contributed by atoms with Crippen molar-refractivity contribution in [3.05, 3.63) is 6.33 Å². The van der Waals surface area contributed by atoms with Gasteiger partial charge in [-0.25, -0.2) is 4.98 Å². The summed E-state index contributed by atoms with van der Waals surface area (Å²) in [6, 6.07) is 0.204. The van der Waals surface area contributed by atoms with Gasteiger partial charge in [-0.2, -0.15) is 9.97 Å². The molecule has 4 N–H and O–H groups in total. The Labute approximate surface area is 151 Å². The summed E-state index contributed by atoms with van der Waals surface area (Å²) in [5.41, 5.74) is 5.53. The molecule has 0 bridgehead atoms. The van der Waals surface area contributed by atoms with Gasteiger partial charge in [-0.3, -0.25) is 4.57 Å². The van der Waals surface area contributed by atoms with Gasteiger partial charge in [0, 0.05) is 0 Å². The number of hydrogen-bond donors (Lipinski definition) is 3. The van der Waals surface area contributed by atoms with Gasteiger partial charge in [-0.15, -0.1) is 0 Å². The second-order valence-electron chi connectivity index (χ2n) is 7.20. The summed E-state index contributed by atoms with van der Waals surface area (Å²) in [4.78, 5) is 12.9. The van der Waals surface area contributed by atoms with Gasteiger partial charge in [-0.1, -0.05) is 6.92 Å². The Kier molecular flexibility index (Phi) is 4.25. The summed E-state index contributed by atoms with van der Waals surface area (Å²) in [7, 11) is 0. The van der Waals surface area contributed by atoms with Crippen LogP contribution in [0.15, 0.2) is 6.33 Å². The van der Waals surface area contributed by atoms with E-state index in [1.165, 1.54) is 6.33 Å². The number of rotatable bonds is 4. The number of nitrogens with zero attached hydrogens (tertiary/aromatic N) is 4. The summed E-state index contributed by atoms with van der Waals surface area (Å²) in [5.74, 6) is 0.216. The first-order valence-electron chi connectivity index (χ1n) is 9.16. The Morgan fingerprint density at radius 1 is 1.38 bits per heavy atom. The third-order valence-electron chi connectivity index (χ3n) is 5.67. The Morgan fingerprint density at radius 3 is 2.77 bits per heavy atom. The van der Waals surface area contributed by atoms with Crippen molar-refractivity contribution >= 4 is 17.0 Å². The molecule has 9 heteroatoms. The minimum Gasteiger partial charge on any atom is -0.460 e. The average molecular weight is 363 g/mol. The number of aromatic nitrogens is 4. The SMILES string of the molecule is CC[C@]1(O)[C@@H](C)O[C@@H](n2cnc3c(N)nc(OC4CCCC4)nc32)[C@@H]1O. The van der Waals surface area contributed by atoms with Crippen molar-refractivity contribution in [2.45, 2.75) is 76.1 Å². The van der Waals surface area contributed by atoms with Gasteiger partial charge in [0.05, 0.1) is 12.4 Å². The molecule has 0 spiro atoms.